The number of amides is 1. The van der Waals surface area contributed by atoms with Crippen molar-refractivity contribution in [2.45, 2.75) is 51.8 Å². The van der Waals surface area contributed by atoms with Gasteiger partial charge >= 0.3 is 12.1 Å². The third-order valence-corrected chi connectivity index (χ3v) is 7.83. The van der Waals surface area contributed by atoms with E-state index in [1.54, 1.807) is 44.5 Å². The van der Waals surface area contributed by atoms with Gasteiger partial charge in [0.2, 0.25) is 0 Å². The highest BCUT2D eigenvalue weighted by molar-refractivity contribution is 6.31. The molecule has 0 bridgehead atoms. The van der Waals surface area contributed by atoms with Crippen LogP contribution in [-0.4, -0.2) is 51.0 Å². The number of anilines is 1. The van der Waals surface area contributed by atoms with Crippen molar-refractivity contribution in [3.05, 3.63) is 74.5 Å². The number of aryl methyl sites for hydroxylation is 1. The van der Waals surface area contributed by atoms with Crippen molar-refractivity contribution in [3.8, 4) is 6.07 Å². The van der Waals surface area contributed by atoms with Gasteiger partial charge in [-0.1, -0.05) is 29.8 Å². The highest BCUT2D eigenvalue weighted by atomic mass is 35.5. The van der Waals surface area contributed by atoms with Crippen LogP contribution in [0.15, 0.2) is 47.3 Å². The molecule has 5 rings (SSSR count). The first-order valence-corrected chi connectivity index (χ1v) is 14.1. The molecule has 0 spiro atoms. The number of hydrogen-bond acceptors (Lipinski definition) is 6. The quantitative estimate of drug-likeness (QED) is 0.325. The number of fused-ring (bicyclic) bond motifs is 3. The van der Waals surface area contributed by atoms with Gasteiger partial charge in [-0.25, -0.2) is 9.59 Å². The third-order valence-electron chi connectivity index (χ3n) is 7.46. The van der Waals surface area contributed by atoms with Crippen LogP contribution in [0.4, 0.5) is 10.6 Å². The van der Waals surface area contributed by atoms with Gasteiger partial charge in [-0.05, 0) is 63.4 Å². The molecule has 1 aliphatic rings. The molecule has 11 heteroatoms. The van der Waals surface area contributed by atoms with Crippen LogP contribution in [0.5, 0.6) is 0 Å². The normalized spacial score (nSPS) is 15.5. The minimum absolute atomic E-state index is 0.0475. The number of nitrogens with zero attached hydrogens (tertiary/aromatic N) is 4. The van der Waals surface area contributed by atoms with E-state index < -0.39 is 17.7 Å². The van der Waals surface area contributed by atoms with Gasteiger partial charge in [-0.15, -0.1) is 0 Å². The molecule has 1 atom stereocenters. The summed E-state index contributed by atoms with van der Waals surface area (Å²) in [5.74, 6) is -0.589. The number of rotatable bonds is 5. The number of aromatic carboxylic acids is 1. The van der Waals surface area contributed by atoms with Crippen LogP contribution in [0.2, 0.25) is 5.02 Å². The Hall–Kier alpha value is -4.49. The average molecular weight is 590 g/mol. The molecule has 0 unspecified atom stereocenters. The lowest BCUT2D eigenvalue weighted by molar-refractivity contribution is 0.0499. The molecule has 1 aliphatic heterocycles. The van der Waals surface area contributed by atoms with E-state index in [9.17, 15) is 24.8 Å². The van der Waals surface area contributed by atoms with E-state index in [0.717, 1.165) is 18.4 Å². The van der Waals surface area contributed by atoms with Crippen LogP contribution >= 0.6 is 11.6 Å². The molecule has 1 fully saturated rings. The minimum atomic E-state index is -1.11. The van der Waals surface area contributed by atoms with Gasteiger partial charge in [0.05, 0.1) is 17.6 Å². The Morgan fingerprint density at radius 1 is 1.21 bits per heavy atom. The van der Waals surface area contributed by atoms with Crippen molar-refractivity contribution in [1.29, 1.82) is 5.26 Å². The standard InChI is InChI=1S/C31H32ClN5O5/c1-31(2,3)42-30(41)34-20-9-7-13-36(17-20)27-22(15-33)25-21-14-18(29(39)40)11-12-24(21)35(4)28(38)26(25)37(27)16-19-8-5-6-10-23(19)32/h5-6,8,10-12,14,20H,7,9,13,16-17H2,1-4H3,(H,34,41)(H,39,40)/t20-/m1/s1. The predicted octanol–water partition coefficient (Wildman–Crippen LogP) is 5.26. The first-order chi connectivity index (χ1) is 19.9. The zero-order valence-electron chi connectivity index (χ0n) is 23.9. The van der Waals surface area contributed by atoms with Crippen LogP contribution in [0.3, 0.4) is 0 Å². The number of alkyl carbamates (subject to hydrolysis) is 1. The van der Waals surface area contributed by atoms with Gasteiger partial charge in [-0.3, -0.25) is 4.79 Å². The lowest BCUT2D eigenvalue weighted by Gasteiger charge is -2.35. The van der Waals surface area contributed by atoms with Crippen LogP contribution < -0.4 is 15.8 Å². The number of carbonyl (C=O) groups excluding carboxylic acids is 1. The number of aromatic nitrogens is 2. The largest absolute Gasteiger partial charge is 0.478 e. The highest BCUT2D eigenvalue weighted by Gasteiger charge is 2.31. The first-order valence-electron chi connectivity index (χ1n) is 13.7. The molecule has 4 aromatic rings. The molecule has 0 saturated carbocycles. The molecule has 0 aliphatic carbocycles. The van der Waals surface area contributed by atoms with Crippen LogP contribution in [-0.2, 0) is 18.3 Å². The number of nitriles is 1. The number of ether oxygens (including phenoxy) is 1. The third kappa shape index (κ3) is 5.40. The second kappa shape index (κ2) is 11.1. The van der Waals surface area contributed by atoms with Gasteiger partial charge < -0.3 is 29.2 Å². The van der Waals surface area contributed by atoms with E-state index in [0.29, 0.717) is 40.2 Å². The molecular formula is C31H32ClN5O5. The van der Waals surface area contributed by atoms with Gasteiger partial charge in [0.15, 0.2) is 0 Å². The maximum atomic E-state index is 14.0. The molecule has 10 nitrogen and oxygen atoms in total. The van der Waals surface area contributed by atoms with Crippen LogP contribution in [0.1, 0.15) is 55.1 Å². The molecule has 2 aromatic carbocycles. The van der Waals surface area contributed by atoms with Gasteiger partial charge in [-0.2, -0.15) is 5.26 Å². The monoisotopic (exact) mass is 589 g/mol. The lowest BCUT2D eigenvalue weighted by atomic mass is 10.0. The summed E-state index contributed by atoms with van der Waals surface area (Å²) < 4.78 is 8.74. The van der Waals surface area contributed by atoms with Gasteiger partial charge in [0, 0.05) is 42.0 Å². The van der Waals surface area contributed by atoms with E-state index >= 15 is 0 Å². The van der Waals surface area contributed by atoms with Crippen molar-refractivity contribution >= 4 is 51.3 Å². The van der Waals surface area contributed by atoms with Crippen LogP contribution in [0, 0.1) is 11.3 Å². The fraction of sp³-hybridized carbons (Fsp3) is 0.355. The molecule has 0 radical (unpaired) electrons. The number of nitrogens with one attached hydrogen (secondary N) is 1. The number of hydrogen-bond donors (Lipinski definition) is 2. The molecule has 3 heterocycles. The Morgan fingerprint density at radius 2 is 1.95 bits per heavy atom. The predicted molar refractivity (Wildman–Crippen MR) is 162 cm³/mol. The second-order valence-corrected chi connectivity index (χ2v) is 12.0. The number of piperidine rings is 1. The summed E-state index contributed by atoms with van der Waals surface area (Å²) in [6, 6.07) is 13.9. The molecule has 1 amide bonds. The molecule has 42 heavy (non-hydrogen) atoms. The Kier molecular flexibility index (Phi) is 7.64. The number of halogens is 1. The molecule has 1 saturated heterocycles. The lowest BCUT2D eigenvalue weighted by Crippen LogP contribution is -2.49. The van der Waals surface area contributed by atoms with Gasteiger partial charge in [0.1, 0.15) is 28.6 Å². The fourth-order valence-corrected chi connectivity index (χ4v) is 5.86. The first kappa shape index (κ1) is 29.0. The SMILES string of the molecule is Cn1c(=O)c2c(c(C#N)c(N3CCC[C@@H](NC(=O)OC(C)(C)C)C3)n2Cc2ccccc2Cl)c2cc(C(=O)O)ccc21. The maximum absolute atomic E-state index is 14.0. The molecule has 2 N–H and O–H groups in total. The van der Waals surface area contributed by atoms with Crippen LogP contribution in [0.25, 0.3) is 21.8 Å². The van der Waals surface area contributed by atoms with E-state index in [2.05, 4.69) is 11.4 Å². The van der Waals surface area contributed by atoms with E-state index in [4.69, 9.17) is 16.3 Å². The summed E-state index contributed by atoms with van der Waals surface area (Å²) in [7, 11) is 1.63. The zero-order chi connectivity index (χ0) is 30.3. The van der Waals surface area contributed by atoms with E-state index in [1.165, 1.54) is 16.7 Å². The molecular weight excluding hydrogens is 558 g/mol. The second-order valence-electron chi connectivity index (χ2n) is 11.5. The number of pyridine rings is 1. The van der Waals surface area contributed by atoms with Crippen molar-refractivity contribution in [1.82, 2.24) is 14.5 Å². The summed E-state index contributed by atoms with van der Waals surface area (Å²) in [5, 5.41) is 24.6. The van der Waals surface area contributed by atoms with E-state index in [-0.39, 0.29) is 34.8 Å². The van der Waals surface area contributed by atoms with Crippen molar-refractivity contribution < 1.29 is 19.4 Å². The number of carboxylic acid groups (broad SMARTS) is 1. The average Bonchev–Trinajstić information content (AvgIpc) is 3.25. The number of carboxylic acids is 1. The van der Waals surface area contributed by atoms with Gasteiger partial charge in [0.25, 0.3) is 5.56 Å². The Balaban J connectivity index is 1.74. The molecule has 2 aromatic heterocycles. The summed E-state index contributed by atoms with van der Waals surface area (Å²) >= 11 is 6.56. The summed E-state index contributed by atoms with van der Waals surface area (Å²) in [6.45, 7) is 6.56. The fourth-order valence-electron chi connectivity index (χ4n) is 5.67. The number of benzene rings is 2. The zero-order valence-corrected chi connectivity index (χ0v) is 24.7. The Morgan fingerprint density at radius 3 is 2.62 bits per heavy atom. The summed E-state index contributed by atoms with van der Waals surface area (Å²) in [5.41, 5.74) is 0.884. The number of carbonyl (C=O) groups is 2. The molecule has 218 valence electrons. The van der Waals surface area contributed by atoms with Crippen molar-refractivity contribution in [3.63, 3.8) is 0 Å². The van der Waals surface area contributed by atoms with E-state index in [1.807, 2.05) is 23.1 Å². The summed E-state index contributed by atoms with van der Waals surface area (Å²) in [4.78, 5) is 40.4. The maximum Gasteiger partial charge on any atom is 0.407 e. The smallest absolute Gasteiger partial charge is 0.407 e. The van der Waals surface area contributed by atoms with Crippen molar-refractivity contribution in [2.75, 3.05) is 18.0 Å². The topological polar surface area (TPSA) is 130 Å². The Labute approximate surface area is 247 Å². The Bertz CT molecular complexity index is 1830. The van der Waals surface area contributed by atoms with Crippen molar-refractivity contribution in [2.24, 2.45) is 7.05 Å². The highest BCUT2D eigenvalue weighted by Crippen LogP contribution is 2.38. The minimum Gasteiger partial charge on any atom is -0.478 e. The summed E-state index contributed by atoms with van der Waals surface area (Å²) in [6.07, 6.45) is 0.920.